The zero-order chi connectivity index (χ0) is 23.7. The van der Waals surface area contributed by atoms with Crippen LogP contribution in [0.4, 0.5) is 21.6 Å². The van der Waals surface area contributed by atoms with Crippen molar-refractivity contribution in [3.8, 4) is 5.88 Å². The van der Waals surface area contributed by atoms with Gasteiger partial charge in [0.1, 0.15) is 11.9 Å². The summed E-state index contributed by atoms with van der Waals surface area (Å²) in [6.07, 6.45) is 5.22. The number of rotatable bonds is 7. The van der Waals surface area contributed by atoms with E-state index in [9.17, 15) is 9.18 Å². The molecule has 0 radical (unpaired) electrons. The molecule has 0 aliphatic carbocycles. The van der Waals surface area contributed by atoms with E-state index in [4.69, 9.17) is 4.74 Å². The van der Waals surface area contributed by atoms with Gasteiger partial charge in [-0.2, -0.15) is 5.10 Å². The summed E-state index contributed by atoms with van der Waals surface area (Å²) in [6.45, 7) is 6.86. The largest absolute Gasteiger partial charge is 0.479 e. The Morgan fingerprint density at radius 1 is 1.27 bits per heavy atom. The summed E-state index contributed by atoms with van der Waals surface area (Å²) >= 11 is 0. The third-order valence-electron chi connectivity index (χ3n) is 5.69. The number of hydrogen-bond acceptors (Lipinski definition) is 7. The standard InChI is InChI=1S/C23H28FN7O2/c1-13(2)21-22(32)29-20-14(3)28-19(7-18(20)30(21)4)25-9-16-10-27-31(12-16)11-15-6-17(24)23(33-5)26-8-15/h6-8,10,12-13,21H,9,11H2,1-5H3,(H,25,28)(H,29,32)/t21-/m0/s1. The van der Waals surface area contributed by atoms with Crippen molar-refractivity contribution in [3.63, 3.8) is 0 Å². The van der Waals surface area contributed by atoms with E-state index in [2.05, 4.69) is 25.7 Å². The predicted octanol–water partition coefficient (Wildman–Crippen LogP) is 3.20. The molecule has 1 amide bonds. The summed E-state index contributed by atoms with van der Waals surface area (Å²) < 4.78 is 20.5. The molecule has 2 N–H and O–H groups in total. The number of halogens is 1. The first-order valence-corrected chi connectivity index (χ1v) is 10.8. The maximum absolute atomic E-state index is 13.9. The number of carbonyl (C=O) groups excluding carboxylic acids is 1. The number of pyridine rings is 2. The number of anilines is 3. The van der Waals surface area contributed by atoms with Crippen LogP contribution in [0.15, 0.2) is 30.7 Å². The maximum atomic E-state index is 13.9. The van der Waals surface area contributed by atoms with Gasteiger partial charge in [-0.25, -0.2) is 14.4 Å². The molecule has 1 aliphatic rings. The molecule has 33 heavy (non-hydrogen) atoms. The highest BCUT2D eigenvalue weighted by Crippen LogP contribution is 2.36. The van der Waals surface area contributed by atoms with Gasteiger partial charge < -0.3 is 20.3 Å². The number of aryl methyl sites for hydroxylation is 1. The molecule has 4 rings (SSSR count). The molecule has 1 atom stereocenters. The molecule has 0 saturated carbocycles. The van der Waals surface area contributed by atoms with Gasteiger partial charge in [0.2, 0.25) is 11.8 Å². The first-order valence-electron chi connectivity index (χ1n) is 10.8. The van der Waals surface area contributed by atoms with Crippen molar-refractivity contribution >= 4 is 23.1 Å². The van der Waals surface area contributed by atoms with Crippen LogP contribution in [0, 0.1) is 18.7 Å². The van der Waals surface area contributed by atoms with Crippen molar-refractivity contribution < 1.29 is 13.9 Å². The topological polar surface area (TPSA) is 97.2 Å². The minimum atomic E-state index is -0.501. The third-order valence-corrected chi connectivity index (χ3v) is 5.69. The number of fused-ring (bicyclic) bond motifs is 1. The smallest absolute Gasteiger partial charge is 0.250 e. The van der Waals surface area contributed by atoms with E-state index in [-0.39, 0.29) is 23.7 Å². The van der Waals surface area contributed by atoms with Gasteiger partial charge in [-0.15, -0.1) is 0 Å². The van der Waals surface area contributed by atoms with Crippen molar-refractivity contribution in [2.45, 2.75) is 39.9 Å². The fraction of sp³-hybridized carbons (Fsp3) is 0.391. The number of amides is 1. The van der Waals surface area contributed by atoms with Gasteiger partial charge in [0.25, 0.3) is 0 Å². The Morgan fingerprint density at radius 2 is 2.06 bits per heavy atom. The second kappa shape index (κ2) is 9.05. The number of nitrogens with zero attached hydrogens (tertiary/aromatic N) is 5. The molecule has 3 aromatic rings. The van der Waals surface area contributed by atoms with Crippen molar-refractivity contribution in [1.82, 2.24) is 19.7 Å². The maximum Gasteiger partial charge on any atom is 0.250 e. The van der Waals surface area contributed by atoms with Crippen LogP contribution in [0.25, 0.3) is 0 Å². The molecular formula is C23H28FN7O2. The van der Waals surface area contributed by atoms with Gasteiger partial charge >= 0.3 is 0 Å². The van der Waals surface area contributed by atoms with Crippen LogP contribution < -0.4 is 20.3 Å². The van der Waals surface area contributed by atoms with Gasteiger partial charge in [0.05, 0.1) is 36.9 Å². The summed E-state index contributed by atoms with van der Waals surface area (Å²) in [5, 5.41) is 10.7. The Labute approximate surface area is 192 Å². The molecular weight excluding hydrogens is 425 g/mol. The zero-order valence-electron chi connectivity index (χ0n) is 19.4. The lowest BCUT2D eigenvalue weighted by molar-refractivity contribution is -0.118. The molecule has 0 spiro atoms. The molecule has 10 heteroatoms. The number of methoxy groups -OCH3 is 1. The second-order valence-electron chi connectivity index (χ2n) is 8.51. The van der Waals surface area contributed by atoms with Crippen molar-refractivity contribution in [2.75, 3.05) is 29.7 Å². The van der Waals surface area contributed by atoms with E-state index in [0.29, 0.717) is 24.5 Å². The fourth-order valence-electron chi connectivity index (χ4n) is 4.12. The predicted molar refractivity (Wildman–Crippen MR) is 124 cm³/mol. The lowest BCUT2D eigenvalue weighted by Crippen LogP contribution is -2.49. The molecule has 3 aromatic heterocycles. The lowest BCUT2D eigenvalue weighted by atomic mass is 9.98. The molecule has 9 nitrogen and oxygen atoms in total. The summed E-state index contributed by atoms with van der Waals surface area (Å²) in [5.41, 5.74) is 4.08. The normalized spacial score (nSPS) is 15.4. The van der Waals surface area contributed by atoms with Crippen LogP contribution in [-0.4, -0.2) is 45.9 Å². The van der Waals surface area contributed by atoms with E-state index in [1.807, 2.05) is 45.0 Å². The lowest BCUT2D eigenvalue weighted by Gasteiger charge is -2.38. The number of nitrogens with one attached hydrogen (secondary N) is 2. The number of likely N-dealkylation sites (N-methyl/N-ethyl adjacent to an activating group) is 1. The monoisotopic (exact) mass is 453 g/mol. The van der Waals surface area contributed by atoms with Crippen LogP contribution in [0.3, 0.4) is 0 Å². The Balaban J connectivity index is 1.45. The molecule has 0 bridgehead atoms. The Bertz CT molecular complexity index is 1180. The summed E-state index contributed by atoms with van der Waals surface area (Å²) in [4.78, 5) is 23.1. The van der Waals surface area contributed by atoms with Crippen molar-refractivity contribution in [3.05, 3.63) is 53.4 Å². The van der Waals surface area contributed by atoms with Crippen LogP contribution >= 0.6 is 0 Å². The summed E-state index contributed by atoms with van der Waals surface area (Å²) in [6, 6.07) is 3.11. The SMILES string of the molecule is COc1ncc(Cn2cc(CNc3cc4c(c(C)n3)NC(=O)[C@H](C(C)C)N4C)cn2)cc1F. The highest BCUT2D eigenvalue weighted by molar-refractivity contribution is 6.04. The van der Waals surface area contributed by atoms with Gasteiger partial charge in [-0.3, -0.25) is 9.48 Å². The molecule has 174 valence electrons. The summed E-state index contributed by atoms with van der Waals surface area (Å²) in [5.74, 6) is 0.352. The van der Waals surface area contributed by atoms with Crippen LogP contribution in [0.5, 0.6) is 5.88 Å². The number of ether oxygens (including phenoxy) is 1. The Morgan fingerprint density at radius 3 is 2.76 bits per heavy atom. The first kappa shape index (κ1) is 22.5. The third kappa shape index (κ3) is 4.59. The quantitative estimate of drug-likeness (QED) is 0.567. The minimum absolute atomic E-state index is 0.00929. The fourth-order valence-corrected chi connectivity index (χ4v) is 4.12. The number of aromatic nitrogens is 4. The molecule has 0 saturated heterocycles. The van der Waals surface area contributed by atoms with Crippen molar-refractivity contribution in [2.24, 2.45) is 5.92 Å². The highest BCUT2D eigenvalue weighted by Gasteiger charge is 2.34. The zero-order valence-corrected chi connectivity index (χ0v) is 19.4. The first-order chi connectivity index (χ1) is 15.8. The van der Waals surface area contributed by atoms with E-state index < -0.39 is 5.82 Å². The van der Waals surface area contributed by atoms with E-state index >= 15 is 0 Å². The Kier molecular flexibility index (Phi) is 6.17. The molecule has 0 fully saturated rings. The van der Waals surface area contributed by atoms with Gasteiger partial charge in [-0.05, 0) is 24.5 Å². The number of hydrogen-bond donors (Lipinski definition) is 2. The molecule has 4 heterocycles. The average molecular weight is 454 g/mol. The molecule has 0 aromatic carbocycles. The van der Waals surface area contributed by atoms with Gasteiger partial charge in [0, 0.05) is 37.6 Å². The molecule has 0 unspecified atom stereocenters. The van der Waals surface area contributed by atoms with Crippen LogP contribution in [0.1, 0.15) is 30.7 Å². The van der Waals surface area contributed by atoms with E-state index in [0.717, 1.165) is 22.6 Å². The minimum Gasteiger partial charge on any atom is -0.479 e. The van der Waals surface area contributed by atoms with Crippen LogP contribution in [-0.2, 0) is 17.9 Å². The summed E-state index contributed by atoms with van der Waals surface area (Å²) in [7, 11) is 3.32. The van der Waals surface area contributed by atoms with Crippen LogP contribution in [0.2, 0.25) is 0 Å². The average Bonchev–Trinajstić information content (AvgIpc) is 3.20. The van der Waals surface area contributed by atoms with Gasteiger partial charge in [0.15, 0.2) is 5.82 Å². The van der Waals surface area contributed by atoms with Crippen molar-refractivity contribution in [1.29, 1.82) is 0 Å². The molecule has 1 aliphatic heterocycles. The van der Waals surface area contributed by atoms with E-state index in [1.54, 1.807) is 17.1 Å². The number of carbonyl (C=O) groups is 1. The highest BCUT2D eigenvalue weighted by atomic mass is 19.1. The second-order valence-corrected chi connectivity index (χ2v) is 8.51. The van der Waals surface area contributed by atoms with E-state index in [1.165, 1.54) is 13.2 Å². The Hall–Kier alpha value is -3.69. The van der Waals surface area contributed by atoms with Gasteiger partial charge in [-0.1, -0.05) is 13.8 Å².